The molecule has 1 unspecified atom stereocenters. The van der Waals surface area contributed by atoms with Crippen molar-refractivity contribution in [2.24, 2.45) is 0 Å². The average molecular weight is 491 g/mol. The van der Waals surface area contributed by atoms with Crippen LogP contribution in [0.5, 0.6) is 11.5 Å². The third-order valence-electron chi connectivity index (χ3n) is 5.58. The van der Waals surface area contributed by atoms with Crippen LogP contribution in [-0.4, -0.2) is 60.9 Å². The lowest BCUT2D eigenvalue weighted by atomic mass is 10.2. The van der Waals surface area contributed by atoms with Crippen LogP contribution in [0.2, 0.25) is 10.0 Å². The van der Waals surface area contributed by atoms with Gasteiger partial charge in [-0.15, -0.1) is 0 Å². The van der Waals surface area contributed by atoms with Crippen molar-refractivity contribution in [3.05, 3.63) is 46.7 Å². The molecule has 1 aliphatic heterocycles. The molecule has 0 spiro atoms. The zero-order valence-corrected chi connectivity index (χ0v) is 20.3. The fourth-order valence-electron chi connectivity index (χ4n) is 3.80. The van der Waals surface area contributed by atoms with Gasteiger partial charge >= 0.3 is 0 Å². The molecule has 1 aliphatic rings. The Morgan fingerprint density at radius 1 is 1.15 bits per heavy atom. The maximum atomic E-state index is 6.14. The molecule has 0 radical (unpaired) electrons. The van der Waals surface area contributed by atoms with E-state index in [1.807, 2.05) is 18.2 Å². The van der Waals surface area contributed by atoms with Gasteiger partial charge in [-0.1, -0.05) is 36.5 Å². The number of anilines is 2. The maximum absolute atomic E-state index is 6.14. The van der Waals surface area contributed by atoms with Crippen molar-refractivity contribution >= 4 is 45.6 Å². The molecule has 3 aromatic rings. The number of nitrogens with zero attached hydrogens (tertiary/aromatic N) is 3. The Labute approximate surface area is 204 Å². The fourth-order valence-corrected chi connectivity index (χ4v) is 4.09. The summed E-state index contributed by atoms with van der Waals surface area (Å²) in [5.41, 5.74) is 1.50. The molecule has 0 amide bonds. The van der Waals surface area contributed by atoms with Crippen LogP contribution in [0.15, 0.2) is 36.7 Å². The second-order valence-electron chi connectivity index (χ2n) is 7.95. The average Bonchev–Trinajstić information content (AvgIpc) is 2.83. The minimum atomic E-state index is 0.0216. The molecule has 7 nitrogen and oxygen atoms in total. The van der Waals surface area contributed by atoms with Crippen LogP contribution in [0.4, 0.5) is 11.5 Å². The van der Waals surface area contributed by atoms with Gasteiger partial charge in [0.1, 0.15) is 24.9 Å². The van der Waals surface area contributed by atoms with E-state index in [2.05, 4.69) is 27.1 Å². The molecule has 1 fully saturated rings. The highest BCUT2D eigenvalue weighted by Gasteiger charge is 2.21. The molecule has 2 heterocycles. The maximum Gasteiger partial charge on any atom is 0.163 e. The second-order valence-corrected chi connectivity index (χ2v) is 8.77. The van der Waals surface area contributed by atoms with E-state index >= 15 is 0 Å². The highest BCUT2D eigenvalue weighted by molar-refractivity contribution is 6.42. The van der Waals surface area contributed by atoms with Crippen molar-refractivity contribution < 1.29 is 14.2 Å². The standard InChI is InChI=1S/C24H28Cl2N4O3/c1-3-4-7-30-8-9-32-17(13-30)14-33-23-12-21-18(11-22(23)31-2)24(28-15-27-21)29-16-5-6-19(25)20(26)10-16/h5-6,10-12,15,17H,3-4,7-9,13-14H2,1-2H3,(H,27,28,29). The Balaban J connectivity index is 1.51. The molecular weight excluding hydrogens is 463 g/mol. The topological polar surface area (TPSA) is 68.7 Å². The predicted molar refractivity (Wildman–Crippen MR) is 132 cm³/mol. The first-order valence-electron chi connectivity index (χ1n) is 11.1. The van der Waals surface area contributed by atoms with Gasteiger partial charge in [-0.2, -0.15) is 0 Å². The third-order valence-corrected chi connectivity index (χ3v) is 6.32. The molecule has 1 aromatic heterocycles. The van der Waals surface area contributed by atoms with Crippen LogP contribution in [0.3, 0.4) is 0 Å². The quantitative estimate of drug-likeness (QED) is 0.420. The number of hydrogen-bond acceptors (Lipinski definition) is 7. The van der Waals surface area contributed by atoms with Crippen molar-refractivity contribution in [2.45, 2.75) is 25.9 Å². The van der Waals surface area contributed by atoms with E-state index in [1.54, 1.807) is 19.2 Å². The van der Waals surface area contributed by atoms with Crippen molar-refractivity contribution in [1.29, 1.82) is 0 Å². The number of morpholine rings is 1. The van der Waals surface area contributed by atoms with Crippen LogP contribution in [0, 0.1) is 0 Å². The van der Waals surface area contributed by atoms with Gasteiger partial charge in [-0.25, -0.2) is 9.97 Å². The van der Waals surface area contributed by atoms with E-state index in [9.17, 15) is 0 Å². The van der Waals surface area contributed by atoms with E-state index in [4.69, 9.17) is 37.4 Å². The first-order valence-corrected chi connectivity index (χ1v) is 11.8. The van der Waals surface area contributed by atoms with Gasteiger partial charge in [0.15, 0.2) is 11.5 Å². The van der Waals surface area contributed by atoms with Crippen LogP contribution < -0.4 is 14.8 Å². The van der Waals surface area contributed by atoms with Crippen molar-refractivity contribution in [3.63, 3.8) is 0 Å². The Hall–Kier alpha value is -2.32. The highest BCUT2D eigenvalue weighted by atomic mass is 35.5. The molecule has 1 N–H and O–H groups in total. The van der Waals surface area contributed by atoms with Crippen LogP contribution >= 0.6 is 23.2 Å². The number of fused-ring (bicyclic) bond motifs is 1. The minimum absolute atomic E-state index is 0.0216. The largest absolute Gasteiger partial charge is 0.493 e. The number of unbranched alkanes of at least 4 members (excludes halogenated alkanes) is 1. The van der Waals surface area contributed by atoms with E-state index in [0.29, 0.717) is 34.0 Å². The summed E-state index contributed by atoms with van der Waals surface area (Å²) in [5, 5.41) is 5.03. The first kappa shape index (κ1) is 23.8. The fraction of sp³-hybridized carbons (Fsp3) is 0.417. The van der Waals surface area contributed by atoms with Gasteiger partial charge in [-0.3, -0.25) is 4.90 Å². The lowest BCUT2D eigenvalue weighted by Gasteiger charge is -2.32. The number of hydrogen-bond donors (Lipinski definition) is 1. The van der Waals surface area contributed by atoms with Crippen molar-refractivity contribution in [1.82, 2.24) is 14.9 Å². The SMILES string of the molecule is CCCCN1CCOC(COc2cc3ncnc(Nc4ccc(Cl)c(Cl)c4)c3cc2OC)C1. The summed E-state index contributed by atoms with van der Waals surface area (Å²) in [6.07, 6.45) is 3.92. The Morgan fingerprint density at radius 2 is 2.03 bits per heavy atom. The van der Waals surface area contributed by atoms with Crippen molar-refractivity contribution in [3.8, 4) is 11.5 Å². The summed E-state index contributed by atoms with van der Waals surface area (Å²) in [6, 6.07) is 9.07. The summed E-state index contributed by atoms with van der Waals surface area (Å²) >= 11 is 12.2. The van der Waals surface area contributed by atoms with Gasteiger partial charge in [0.2, 0.25) is 0 Å². The number of aromatic nitrogens is 2. The smallest absolute Gasteiger partial charge is 0.163 e. The Kier molecular flexibility index (Phi) is 8.09. The summed E-state index contributed by atoms with van der Waals surface area (Å²) in [6.45, 7) is 6.33. The highest BCUT2D eigenvalue weighted by Crippen LogP contribution is 2.35. The molecule has 9 heteroatoms. The molecule has 0 bridgehead atoms. The van der Waals surface area contributed by atoms with Crippen LogP contribution in [-0.2, 0) is 4.74 Å². The van der Waals surface area contributed by atoms with Gasteiger partial charge in [0.25, 0.3) is 0 Å². The van der Waals surface area contributed by atoms with Gasteiger partial charge in [0, 0.05) is 30.2 Å². The summed E-state index contributed by atoms with van der Waals surface area (Å²) in [5.74, 6) is 1.86. The lowest BCUT2D eigenvalue weighted by molar-refractivity contribution is -0.0483. The van der Waals surface area contributed by atoms with E-state index < -0.39 is 0 Å². The summed E-state index contributed by atoms with van der Waals surface area (Å²) < 4.78 is 17.6. The zero-order chi connectivity index (χ0) is 23.2. The molecular formula is C24H28Cl2N4O3. The lowest BCUT2D eigenvalue weighted by Crippen LogP contribution is -2.45. The molecule has 1 atom stereocenters. The first-order chi connectivity index (χ1) is 16.1. The zero-order valence-electron chi connectivity index (χ0n) is 18.8. The van der Waals surface area contributed by atoms with Gasteiger partial charge in [-0.05, 0) is 37.2 Å². The Morgan fingerprint density at radius 3 is 2.82 bits per heavy atom. The second kappa shape index (κ2) is 11.2. The normalized spacial score (nSPS) is 16.7. The number of benzene rings is 2. The molecule has 2 aromatic carbocycles. The number of halogens is 2. The summed E-state index contributed by atoms with van der Waals surface area (Å²) in [4.78, 5) is 11.2. The van der Waals surface area contributed by atoms with Crippen LogP contribution in [0.1, 0.15) is 19.8 Å². The molecule has 176 valence electrons. The third kappa shape index (κ3) is 5.98. The number of methoxy groups -OCH3 is 1. The monoisotopic (exact) mass is 490 g/mol. The molecule has 33 heavy (non-hydrogen) atoms. The molecule has 4 rings (SSSR count). The molecule has 0 saturated carbocycles. The van der Waals surface area contributed by atoms with E-state index in [-0.39, 0.29) is 6.10 Å². The van der Waals surface area contributed by atoms with E-state index in [1.165, 1.54) is 19.2 Å². The Bertz CT molecular complexity index is 1100. The molecule has 0 aliphatic carbocycles. The van der Waals surface area contributed by atoms with Gasteiger partial charge < -0.3 is 19.5 Å². The number of nitrogens with one attached hydrogen (secondary N) is 1. The number of ether oxygens (including phenoxy) is 3. The van der Waals surface area contributed by atoms with E-state index in [0.717, 1.165) is 42.8 Å². The minimum Gasteiger partial charge on any atom is -0.493 e. The van der Waals surface area contributed by atoms with Gasteiger partial charge in [0.05, 0.1) is 29.3 Å². The predicted octanol–water partition coefficient (Wildman–Crippen LogP) is 5.57. The summed E-state index contributed by atoms with van der Waals surface area (Å²) in [7, 11) is 1.62. The van der Waals surface area contributed by atoms with Crippen LogP contribution in [0.25, 0.3) is 10.9 Å². The number of rotatable bonds is 9. The molecule has 1 saturated heterocycles. The van der Waals surface area contributed by atoms with Crippen molar-refractivity contribution in [2.75, 3.05) is 45.3 Å².